The Morgan fingerprint density at radius 1 is 1.17 bits per heavy atom. The molecule has 2 aromatic rings. The first kappa shape index (κ1) is 17.0. The molecule has 0 aliphatic rings. The SMILES string of the molecule is COC(=O)Cc1ccc(OCC(=O)N(C)Cc2cccs2)cc1. The molecule has 0 unspecified atom stereocenters. The van der Waals surface area contributed by atoms with Crippen molar-refractivity contribution in [2.45, 2.75) is 13.0 Å². The number of hydrogen-bond acceptors (Lipinski definition) is 5. The second-order valence-electron chi connectivity index (χ2n) is 5.01. The fourth-order valence-electron chi connectivity index (χ4n) is 1.92. The van der Waals surface area contributed by atoms with Crippen LogP contribution in [0.4, 0.5) is 0 Å². The highest BCUT2D eigenvalue weighted by Crippen LogP contribution is 2.14. The second kappa shape index (κ2) is 8.33. The van der Waals surface area contributed by atoms with E-state index in [2.05, 4.69) is 4.74 Å². The predicted molar refractivity (Wildman–Crippen MR) is 88.5 cm³/mol. The number of likely N-dealkylation sites (N-methyl/N-ethyl adjacent to an activating group) is 1. The smallest absolute Gasteiger partial charge is 0.309 e. The summed E-state index contributed by atoms with van der Waals surface area (Å²) in [6.07, 6.45) is 0.221. The molecule has 0 N–H and O–H groups in total. The molecule has 6 heteroatoms. The quantitative estimate of drug-likeness (QED) is 0.731. The van der Waals surface area contributed by atoms with Crippen LogP contribution in [-0.4, -0.2) is 37.5 Å². The van der Waals surface area contributed by atoms with Gasteiger partial charge in [0, 0.05) is 11.9 Å². The Morgan fingerprint density at radius 3 is 2.52 bits per heavy atom. The molecule has 2 rings (SSSR count). The van der Waals surface area contributed by atoms with E-state index in [1.807, 2.05) is 17.5 Å². The highest BCUT2D eigenvalue weighted by atomic mass is 32.1. The fraction of sp³-hybridized carbons (Fsp3) is 0.294. The highest BCUT2D eigenvalue weighted by Gasteiger charge is 2.11. The van der Waals surface area contributed by atoms with E-state index in [1.54, 1.807) is 47.5 Å². The van der Waals surface area contributed by atoms with E-state index < -0.39 is 0 Å². The maximum atomic E-state index is 12.0. The highest BCUT2D eigenvalue weighted by molar-refractivity contribution is 7.09. The summed E-state index contributed by atoms with van der Waals surface area (Å²) in [5.74, 6) is 0.220. The van der Waals surface area contributed by atoms with Gasteiger partial charge in [0.2, 0.25) is 0 Å². The second-order valence-corrected chi connectivity index (χ2v) is 6.05. The normalized spacial score (nSPS) is 10.2. The first-order valence-electron chi connectivity index (χ1n) is 7.13. The molecule has 23 heavy (non-hydrogen) atoms. The summed E-state index contributed by atoms with van der Waals surface area (Å²) in [6.45, 7) is 0.566. The van der Waals surface area contributed by atoms with Crippen molar-refractivity contribution >= 4 is 23.2 Å². The minimum Gasteiger partial charge on any atom is -0.484 e. The molecule has 0 fully saturated rings. The molecular formula is C17H19NO4S. The molecule has 122 valence electrons. The molecule has 1 heterocycles. The number of thiophene rings is 1. The van der Waals surface area contributed by atoms with E-state index in [0.29, 0.717) is 12.3 Å². The zero-order chi connectivity index (χ0) is 16.7. The predicted octanol–water partition coefficient (Wildman–Crippen LogP) is 2.50. The van der Waals surface area contributed by atoms with Crippen LogP contribution in [0, 0.1) is 0 Å². The molecule has 0 radical (unpaired) electrons. The fourth-order valence-corrected chi connectivity index (χ4v) is 2.68. The number of amides is 1. The van der Waals surface area contributed by atoms with Crippen LogP contribution < -0.4 is 4.74 Å². The Balaban J connectivity index is 1.80. The van der Waals surface area contributed by atoms with Gasteiger partial charge in [-0.25, -0.2) is 0 Å². The van der Waals surface area contributed by atoms with Gasteiger partial charge in [0.25, 0.3) is 5.91 Å². The van der Waals surface area contributed by atoms with Gasteiger partial charge in [-0.3, -0.25) is 9.59 Å². The first-order chi connectivity index (χ1) is 11.1. The van der Waals surface area contributed by atoms with E-state index in [1.165, 1.54) is 7.11 Å². The maximum absolute atomic E-state index is 12.0. The summed E-state index contributed by atoms with van der Waals surface area (Å²) in [7, 11) is 3.11. The molecule has 0 bridgehead atoms. The van der Waals surface area contributed by atoms with Crippen molar-refractivity contribution in [1.29, 1.82) is 0 Å². The van der Waals surface area contributed by atoms with Crippen LogP contribution in [-0.2, 0) is 27.3 Å². The zero-order valence-corrected chi connectivity index (χ0v) is 14.0. The molecule has 0 saturated carbocycles. The molecule has 0 saturated heterocycles. The van der Waals surface area contributed by atoms with Crippen LogP contribution in [0.2, 0.25) is 0 Å². The average Bonchev–Trinajstić information content (AvgIpc) is 3.06. The number of carbonyl (C=O) groups excluding carboxylic acids is 2. The molecule has 1 aromatic carbocycles. The number of benzene rings is 1. The standard InChI is InChI=1S/C17H19NO4S/c1-18(11-15-4-3-9-23-15)16(19)12-22-14-7-5-13(6-8-14)10-17(20)21-2/h3-9H,10-12H2,1-2H3. The number of carbonyl (C=O) groups is 2. The van der Waals surface area contributed by atoms with E-state index in [4.69, 9.17) is 4.74 Å². The van der Waals surface area contributed by atoms with Gasteiger partial charge in [-0.15, -0.1) is 11.3 Å². The minimum atomic E-state index is -0.288. The maximum Gasteiger partial charge on any atom is 0.309 e. The van der Waals surface area contributed by atoms with E-state index >= 15 is 0 Å². The lowest BCUT2D eigenvalue weighted by molar-refractivity contribution is -0.139. The van der Waals surface area contributed by atoms with Gasteiger partial charge in [0.1, 0.15) is 5.75 Å². The Hall–Kier alpha value is -2.34. The van der Waals surface area contributed by atoms with Crippen LogP contribution in [0.3, 0.4) is 0 Å². The van der Waals surface area contributed by atoms with Crippen LogP contribution in [0.15, 0.2) is 41.8 Å². The monoisotopic (exact) mass is 333 g/mol. The van der Waals surface area contributed by atoms with Crippen molar-refractivity contribution in [2.75, 3.05) is 20.8 Å². The minimum absolute atomic E-state index is 0.0157. The van der Waals surface area contributed by atoms with Crippen molar-refractivity contribution in [1.82, 2.24) is 4.90 Å². The Kier molecular flexibility index (Phi) is 6.17. The summed E-state index contributed by atoms with van der Waals surface area (Å²) in [4.78, 5) is 26.0. The average molecular weight is 333 g/mol. The number of rotatable bonds is 7. The van der Waals surface area contributed by atoms with E-state index in [0.717, 1.165) is 10.4 Å². The van der Waals surface area contributed by atoms with Gasteiger partial charge in [-0.1, -0.05) is 18.2 Å². The van der Waals surface area contributed by atoms with Crippen LogP contribution >= 0.6 is 11.3 Å². The molecule has 1 amide bonds. The van der Waals surface area contributed by atoms with Crippen molar-refractivity contribution in [2.24, 2.45) is 0 Å². The lowest BCUT2D eigenvalue weighted by Gasteiger charge is -2.16. The van der Waals surface area contributed by atoms with Crippen LogP contribution in [0.25, 0.3) is 0 Å². The van der Waals surface area contributed by atoms with Crippen molar-refractivity contribution < 1.29 is 19.1 Å². The van der Waals surface area contributed by atoms with Gasteiger partial charge in [-0.2, -0.15) is 0 Å². The third-order valence-corrected chi connectivity index (χ3v) is 4.12. The number of methoxy groups -OCH3 is 1. The van der Waals surface area contributed by atoms with Crippen molar-refractivity contribution in [3.63, 3.8) is 0 Å². The molecular weight excluding hydrogens is 314 g/mol. The lowest BCUT2D eigenvalue weighted by Crippen LogP contribution is -2.30. The molecule has 5 nitrogen and oxygen atoms in total. The van der Waals surface area contributed by atoms with Crippen molar-refractivity contribution in [3.05, 3.63) is 52.2 Å². The Bertz CT molecular complexity index is 637. The number of esters is 1. The largest absolute Gasteiger partial charge is 0.484 e. The van der Waals surface area contributed by atoms with E-state index in [9.17, 15) is 9.59 Å². The van der Waals surface area contributed by atoms with Crippen LogP contribution in [0.1, 0.15) is 10.4 Å². The number of nitrogens with zero attached hydrogens (tertiary/aromatic N) is 1. The zero-order valence-electron chi connectivity index (χ0n) is 13.2. The van der Waals surface area contributed by atoms with Gasteiger partial charge in [-0.05, 0) is 29.1 Å². The van der Waals surface area contributed by atoms with Crippen LogP contribution in [0.5, 0.6) is 5.75 Å². The first-order valence-corrected chi connectivity index (χ1v) is 8.01. The van der Waals surface area contributed by atoms with Crippen molar-refractivity contribution in [3.8, 4) is 5.75 Å². The molecule has 0 atom stereocenters. The molecule has 0 aliphatic carbocycles. The van der Waals surface area contributed by atoms with Gasteiger partial charge in [0.15, 0.2) is 6.61 Å². The van der Waals surface area contributed by atoms with Gasteiger partial charge >= 0.3 is 5.97 Å². The summed E-state index contributed by atoms with van der Waals surface area (Å²) >= 11 is 1.62. The molecule has 0 aliphatic heterocycles. The summed E-state index contributed by atoms with van der Waals surface area (Å²) in [5, 5.41) is 1.99. The van der Waals surface area contributed by atoms with Gasteiger partial charge < -0.3 is 14.4 Å². The molecule has 1 aromatic heterocycles. The summed E-state index contributed by atoms with van der Waals surface area (Å²) < 4.78 is 10.1. The number of hydrogen-bond donors (Lipinski definition) is 0. The topological polar surface area (TPSA) is 55.8 Å². The van der Waals surface area contributed by atoms with Gasteiger partial charge in [0.05, 0.1) is 20.1 Å². The number of ether oxygens (including phenoxy) is 2. The Morgan fingerprint density at radius 2 is 1.91 bits per heavy atom. The van der Waals surface area contributed by atoms with E-state index in [-0.39, 0.29) is 24.9 Å². The Labute approximate surface area is 139 Å². The summed E-state index contributed by atoms with van der Waals surface area (Å²) in [6, 6.07) is 11.0. The molecule has 0 spiro atoms. The third kappa shape index (κ3) is 5.41. The summed E-state index contributed by atoms with van der Waals surface area (Å²) in [5.41, 5.74) is 0.838. The third-order valence-electron chi connectivity index (χ3n) is 3.26. The lowest BCUT2D eigenvalue weighted by atomic mass is 10.1.